The van der Waals surface area contributed by atoms with Crippen molar-refractivity contribution in [1.82, 2.24) is 5.16 Å². The van der Waals surface area contributed by atoms with E-state index in [9.17, 15) is 4.79 Å². The van der Waals surface area contributed by atoms with Crippen LogP contribution in [-0.4, -0.2) is 10.9 Å². The van der Waals surface area contributed by atoms with Gasteiger partial charge < -0.3 is 4.52 Å². The van der Waals surface area contributed by atoms with Gasteiger partial charge in [-0.05, 0) is 19.1 Å². The Kier molecular flexibility index (Phi) is 2.34. The number of hydrogen-bond donors (Lipinski definition) is 0. The monoisotopic (exact) mass is 217 g/mol. The van der Waals surface area contributed by atoms with Gasteiger partial charge in [-0.2, -0.15) is 0 Å². The predicted molar refractivity (Wildman–Crippen MR) is 62.7 cm³/mol. The van der Waals surface area contributed by atoms with E-state index in [0.717, 1.165) is 11.1 Å². The maximum atomic E-state index is 11.4. The van der Waals surface area contributed by atoms with Crippen LogP contribution in [0.3, 0.4) is 0 Å². The zero-order valence-corrected chi connectivity index (χ0v) is 10.00. The minimum absolute atomic E-state index is 0.00205. The summed E-state index contributed by atoms with van der Waals surface area (Å²) in [6, 6.07) is 5.58. The van der Waals surface area contributed by atoms with Crippen LogP contribution in [0.5, 0.6) is 0 Å². The molecule has 0 fully saturated rings. The van der Waals surface area contributed by atoms with Crippen molar-refractivity contribution in [3.8, 4) is 0 Å². The Labute approximate surface area is 94.4 Å². The van der Waals surface area contributed by atoms with Crippen molar-refractivity contribution in [3.05, 3.63) is 29.5 Å². The second-order valence-electron chi connectivity index (χ2n) is 5.02. The first-order valence-electron chi connectivity index (χ1n) is 5.31. The molecule has 0 unspecified atom stereocenters. The van der Waals surface area contributed by atoms with Gasteiger partial charge in [0.1, 0.15) is 0 Å². The van der Waals surface area contributed by atoms with Crippen molar-refractivity contribution in [2.75, 3.05) is 0 Å². The Balaban J connectivity index is 2.76. The van der Waals surface area contributed by atoms with E-state index in [4.69, 9.17) is 4.52 Å². The van der Waals surface area contributed by atoms with E-state index < -0.39 is 0 Å². The molecule has 0 aliphatic heterocycles. The van der Waals surface area contributed by atoms with Crippen molar-refractivity contribution in [3.63, 3.8) is 0 Å². The Morgan fingerprint density at radius 2 is 2.00 bits per heavy atom. The molecule has 1 heterocycles. The van der Waals surface area contributed by atoms with Crippen molar-refractivity contribution < 1.29 is 9.32 Å². The highest BCUT2D eigenvalue weighted by Gasteiger charge is 2.23. The highest BCUT2D eigenvalue weighted by molar-refractivity contribution is 6.05. The third-order valence-corrected chi connectivity index (χ3v) is 2.59. The molecule has 3 nitrogen and oxygen atoms in total. The lowest BCUT2D eigenvalue weighted by Gasteiger charge is -2.14. The van der Waals surface area contributed by atoms with Gasteiger partial charge in [0.2, 0.25) is 0 Å². The molecule has 0 bridgehead atoms. The van der Waals surface area contributed by atoms with E-state index in [0.29, 0.717) is 11.1 Å². The highest BCUT2D eigenvalue weighted by atomic mass is 16.5. The molecule has 2 aromatic rings. The van der Waals surface area contributed by atoms with E-state index in [-0.39, 0.29) is 11.2 Å². The molecule has 1 aromatic carbocycles. The third kappa shape index (κ3) is 1.62. The number of carbonyl (C=O) groups is 1. The van der Waals surface area contributed by atoms with Crippen LogP contribution in [0.4, 0.5) is 0 Å². The molecule has 0 radical (unpaired) electrons. The third-order valence-electron chi connectivity index (χ3n) is 2.59. The summed E-state index contributed by atoms with van der Waals surface area (Å²) >= 11 is 0. The molecule has 84 valence electrons. The zero-order chi connectivity index (χ0) is 11.9. The number of nitrogens with zero attached hydrogens (tertiary/aromatic N) is 1. The Bertz CT molecular complexity index is 547. The number of aromatic nitrogens is 1. The molecule has 0 N–H and O–H groups in total. The van der Waals surface area contributed by atoms with Crippen molar-refractivity contribution in [2.45, 2.75) is 33.1 Å². The van der Waals surface area contributed by atoms with Gasteiger partial charge in [-0.3, -0.25) is 4.79 Å². The first kappa shape index (κ1) is 10.9. The molecule has 0 amide bonds. The molecule has 0 aliphatic rings. The summed E-state index contributed by atoms with van der Waals surface area (Å²) in [6.07, 6.45) is 0. The van der Waals surface area contributed by atoms with Crippen LogP contribution < -0.4 is 0 Å². The minimum atomic E-state index is -0.0827. The Morgan fingerprint density at radius 1 is 1.31 bits per heavy atom. The van der Waals surface area contributed by atoms with Crippen LogP contribution in [0, 0.1) is 0 Å². The number of benzene rings is 1. The van der Waals surface area contributed by atoms with Crippen LogP contribution in [-0.2, 0) is 5.41 Å². The van der Waals surface area contributed by atoms with Gasteiger partial charge in [0.05, 0.1) is 11.3 Å². The molecule has 0 atom stereocenters. The van der Waals surface area contributed by atoms with E-state index in [1.165, 1.54) is 6.92 Å². The topological polar surface area (TPSA) is 43.1 Å². The summed E-state index contributed by atoms with van der Waals surface area (Å²) in [4.78, 5) is 11.4. The normalized spacial score (nSPS) is 12.0. The quantitative estimate of drug-likeness (QED) is 0.688. The fourth-order valence-corrected chi connectivity index (χ4v) is 1.78. The average molecular weight is 217 g/mol. The molecular weight excluding hydrogens is 202 g/mol. The lowest BCUT2D eigenvalue weighted by molar-refractivity contribution is 0.101. The standard InChI is InChI=1S/C13H15NO2/c1-8(15)9-6-5-7-10-11(9)16-14-12(10)13(2,3)4/h5-7H,1-4H3. The lowest BCUT2D eigenvalue weighted by atomic mass is 9.89. The molecule has 2 rings (SSSR count). The van der Waals surface area contributed by atoms with Gasteiger partial charge in [0.15, 0.2) is 11.4 Å². The van der Waals surface area contributed by atoms with Crippen molar-refractivity contribution >= 4 is 16.8 Å². The number of rotatable bonds is 1. The van der Waals surface area contributed by atoms with E-state index in [1.54, 1.807) is 6.07 Å². The first-order valence-corrected chi connectivity index (χ1v) is 5.31. The maximum absolute atomic E-state index is 11.4. The molecule has 1 aromatic heterocycles. The van der Waals surface area contributed by atoms with Crippen LogP contribution in [0.2, 0.25) is 0 Å². The summed E-state index contributed by atoms with van der Waals surface area (Å²) < 4.78 is 5.30. The fraction of sp³-hybridized carbons (Fsp3) is 0.385. The van der Waals surface area contributed by atoms with Gasteiger partial charge in [0, 0.05) is 10.8 Å². The number of carbonyl (C=O) groups excluding carboxylic acids is 1. The van der Waals surface area contributed by atoms with Gasteiger partial charge in [-0.15, -0.1) is 0 Å². The second kappa shape index (κ2) is 3.44. The van der Waals surface area contributed by atoms with Crippen LogP contribution >= 0.6 is 0 Å². The first-order chi connectivity index (χ1) is 7.41. The van der Waals surface area contributed by atoms with Gasteiger partial charge in [-0.1, -0.05) is 32.0 Å². The number of para-hydroxylation sites is 1. The summed E-state index contributed by atoms with van der Waals surface area (Å²) in [7, 11) is 0. The molecular formula is C13H15NO2. The molecule has 0 saturated carbocycles. The maximum Gasteiger partial charge on any atom is 0.177 e. The molecule has 3 heteroatoms. The predicted octanol–water partition coefficient (Wildman–Crippen LogP) is 3.33. The van der Waals surface area contributed by atoms with E-state index in [1.807, 2.05) is 12.1 Å². The largest absolute Gasteiger partial charge is 0.355 e. The van der Waals surface area contributed by atoms with Crippen LogP contribution in [0.1, 0.15) is 43.7 Å². The molecule has 0 spiro atoms. The van der Waals surface area contributed by atoms with Gasteiger partial charge >= 0.3 is 0 Å². The van der Waals surface area contributed by atoms with Gasteiger partial charge in [-0.25, -0.2) is 0 Å². The van der Waals surface area contributed by atoms with E-state index in [2.05, 4.69) is 25.9 Å². The van der Waals surface area contributed by atoms with Crippen LogP contribution in [0.15, 0.2) is 22.7 Å². The molecule has 0 aliphatic carbocycles. The Hall–Kier alpha value is -1.64. The second-order valence-corrected chi connectivity index (χ2v) is 5.02. The zero-order valence-electron chi connectivity index (χ0n) is 10.00. The fourth-order valence-electron chi connectivity index (χ4n) is 1.78. The van der Waals surface area contributed by atoms with Crippen molar-refractivity contribution in [1.29, 1.82) is 0 Å². The number of ketones is 1. The summed E-state index contributed by atoms with van der Waals surface area (Å²) in [5, 5.41) is 5.01. The summed E-state index contributed by atoms with van der Waals surface area (Å²) in [6.45, 7) is 7.76. The Morgan fingerprint density at radius 3 is 2.56 bits per heavy atom. The molecule has 0 saturated heterocycles. The average Bonchev–Trinajstić information content (AvgIpc) is 2.59. The molecule has 16 heavy (non-hydrogen) atoms. The lowest BCUT2D eigenvalue weighted by Crippen LogP contribution is -2.11. The summed E-state index contributed by atoms with van der Waals surface area (Å²) in [5.74, 6) is 0.00205. The SMILES string of the molecule is CC(=O)c1cccc2c(C(C)(C)C)noc12. The van der Waals surface area contributed by atoms with Crippen LogP contribution in [0.25, 0.3) is 11.0 Å². The van der Waals surface area contributed by atoms with Crippen molar-refractivity contribution in [2.24, 2.45) is 0 Å². The van der Waals surface area contributed by atoms with E-state index >= 15 is 0 Å². The number of fused-ring (bicyclic) bond motifs is 1. The smallest absolute Gasteiger partial charge is 0.177 e. The number of hydrogen-bond acceptors (Lipinski definition) is 3. The highest BCUT2D eigenvalue weighted by Crippen LogP contribution is 2.30. The summed E-state index contributed by atoms with van der Waals surface area (Å²) in [5.41, 5.74) is 2.01. The van der Waals surface area contributed by atoms with Gasteiger partial charge in [0.25, 0.3) is 0 Å². The number of Topliss-reactive ketones (excluding diaryl/α,β-unsaturated/α-hetero) is 1. The minimum Gasteiger partial charge on any atom is -0.355 e.